The van der Waals surface area contributed by atoms with Crippen molar-refractivity contribution in [3.63, 3.8) is 0 Å². The number of H-pyrrole nitrogens is 1. The lowest BCUT2D eigenvalue weighted by atomic mass is 10.0. The third-order valence-electron chi connectivity index (χ3n) is 7.29. The highest BCUT2D eigenvalue weighted by molar-refractivity contribution is 7.19. The van der Waals surface area contributed by atoms with Crippen molar-refractivity contribution in [2.24, 2.45) is 11.8 Å². The van der Waals surface area contributed by atoms with Gasteiger partial charge in [-0.15, -0.1) is 11.3 Å². The number of aromatic amines is 1. The molecule has 1 aromatic carbocycles. The molecule has 9 heteroatoms. The van der Waals surface area contributed by atoms with Gasteiger partial charge in [-0.1, -0.05) is 12.1 Å². The van der Waals surface area contributed by atoms with Crippen LogP contribution in [0.3, 0.4) is 0 Å². The summed E-state index contributed by atoms with van der Waals surface area (Å²) >= 11 is 1.86. The number of anilines is 1. The van der Waals surface area contributed by atoms with Crippen LogP contribution in [0.25, 0.3) is 32.5 Å². The van der Waals surface area contributed by atoms with E-state index >= 15 is 0 Å². The Morgan fingerprint density at radius 3 is 2.79 bits per heavy atom. The summed E-state index contributed by atoms with van der Waals surface area (Å²) in [5, 5.41) is 11.9. The first kappa shape index (κ1) is 19.8. The molecule has 2 unspecified atom stereocenters. The van der Waals surface area contributed by atoms with Gasteiger partial charge in [-0.2, -0.15) is 5.10 Å². The quantitative estimate of drug-likeness (QED) is 0.484. The molecule has 6 heterocycles. The van der Waals surface area contributed by atoms with Crippen molar-refractivity contribution in [2.75, 3.05) is 57.4 Å². The van der Waals surface area contributed by atoms with Gasteiger partial charge in [0.15, 0.2) is 11.6 Å². The van der Waals surface area contributed by atoms with Crippen LogP contribution in [-0.2, 0) is 11.3 Å². The molecular formula is C24H27N7OS. The molecule has 2 atom stereocenters. The van der Waals surface area contributed by atoms with Crippen molar-refractivity contribution < 1.29 is 4.74 Å². The summed E-state index contributed by atoms with van der Waals surface area (Å²) in [6, 6.07) is 8.45. The van der Waals surface area contributed by atoms with Gasteiger partial charge in [0.1, 0.15) is 0 Å². The van der Waals surface area contributed by atoms with Gasteiger partial charge in [-0.05, 0) is 37.1 Å². The highest BCUT2D eigenvalue weighted by Crippen LogP contribution is 2.37. The van der Waals surface area contributed by atoms with Crippen LogP contribution in [0.2, 0.25) is 0 Å². The second-order valence-electron chi connectivity index (χ2n) is 9.41. The zero-order chi connectivity index (χ0) is 21.8. The smallest absolute Gasteiger partial charge is 0.162 e. The predicted molar refractivity (Wildman–Crippen MR) is 131 cm³/mol. The fourth-order valence-corrected chi connectivity index (χ4v) is 6.77. The Kier molecular flexibility index (Phi) is 4.82. The number of ether oxygens (including phenoxy) is 1. The zero-order valence-electron chi connectivity index (χ0n) is 18.5. The maximum absolute atomic E-state index is 5.62. The monoisotopic (exact) mass is 461 g/mol. The van der Waals surface area contributed by atoms with E-state index in [9.17, 15) is 0 Å². The van der Waals surface area contributed by atoms with Crippen molar-refractivity contribution in [1.82, 2.24) is 30.4 Å². The van der Waals surface area contributed by atoms with E-state index in [-0.39, 0.29) is 0 Å². The van der Waals surface area contributed by atoms with Gasteiger partial charge >= 0.3 is 0 Å². The van der Waals surface area contributed by atoms with Gasteiger partial charge < -0.3 is 15.0 Å². The van der Waals surface area contributed by atoms with Crippen molar-refractivity contribution in [1.29, 1.82) is 0 Å². The average Bonchev–Trinajstić information content (AvgIpc) is 3.62. The Balaban J connectivity index is 1.29. The number of hydrogen-bond acceptors (Lipinski definition) is 8. The van der Waals surface area contributed by atoms with E-state index in [1.54, 1.807) is 0 Å². The third-order valence-corrected chi connectivity index (χ3v) is 8.39. The lowest BCUT2D eigenvalue weighted by molar-refractivity contribution is 0.122. The van der Waals surface area contributed by atoms with Crippen molar-refractivity contribution in [2.45, 2.75) is 6.54 Å². The number of fused-ring (bicyclic) bond motifs is 3. The summed E-state index contributed by atoms with van der Waals surface area (Å²) in [5.41, 5.74) is 3.07. The molecule has 8 nitrogen and oxygen atoms in total. The number of likely N-dealkylation sites (tertiary alicyclic amines) is 1. The van der Waals surface area contributed by atoms with E-state index in [2.05, 4.69) is 37.4 Å². The second-order valence-corrected chi connectivity index (χ2v) is 10.5. The third kappa shape index (κ3) is 3.50. The number of nitrogens with zero attached hydrogens (tertiary/aromatic N) is 5. The molecule has 4 aromatic rings. The highest BCUT2D eigenvalue weighted by atomic mass is 32.1. The molecule has 0 radical (unpaired) electrons. The molecule has 33 heavy (non-hydrogen) atoms. The summed E-state index contributed by atoms with van der Waals surface area (Å²) in [5.74, 6) is 3.43. The van der Waals surface area contributed by atoms with Gasteiger partial charge in [0.05, 0.1) is 35.1 Å². The van der Waals surface area contributed by atoms with E-state index in [0.29, 0.717) is 0 Å². The summed E-state index contributed by atoms with van der Waals surface area (Å²) in [6.07, 6.45) is 1.87. The summed E-state index contributed by atoms with van der Waals surface area (Å²) in [7, 11) is 0. The van der Waals surface area contributed by atoms with E-state index in [1.165, 1.54) is 35.8 Å². The average molecular weight is 462 g/mol. The van der Waals surface area contributed by atoms with Crippen molar-refractivity contribution in [3.05, 3.63) is 35.3 Å². The van der Waals surface area contributed by atoms with Crippen LogP contribution in [-0.4, -0.2) is 77.5 Å². The normalized spacial score (nSPS) is 23.7. The number of rotatable bonds is 4. The standard InChI is InChI=1S/C24H27N7OS/c1-2-18(19-11-26-29-20(19)3-1)23-27-21-8-17(14-30-12-15-9-25-10-16(15)13-30)33-22(21)24(28-23)31-4-6-32-7-5-31/h1-3,8,11,15-16,25H,4-7,9-10,12-14H2,(H,26,29). The van der Waals surface area contributed by atoms with Crippen molar-refractivity contribution >= 4 is 38.3 Å². The van der Waals surface area contributed by atoms with Crippen LogP contribution in [0.4, 0.5) is 5.82 Å². The molecule has 0 saturated carbocycles. The van der Waals surface area contributed by atoms with Gasteiger partial charge in [0.2, 0.25) is 0 Å². The topological polar surface area (TPSA) is 82.2 Å². The Hall–Kier alpha value is -2.59. The largest absolute Gasteiger partial charge is 0.378 e. The molecule has 0 aliphatic carbocycles. The minimum absolute atomic E-state index is 0.737. The van der Waals surface area contributed by atoms with Crippen LogP contribution in [0, 0.1) is 11.8 Å². The Morgan fingerprint density at radius 2 is 1.94 bits per heavy atom. The first-order valence-electron chi connectivity index (χ1n) is 11.8. The lowest BCUT2D eigenvalue weighted by Gasteiger charge is -2.28. The van der Waals surface area contributed by atoms with Crippen LogP contribution >= 0.6 is 11.3 Å². The molecule has 3 aliphatic rings. The lowest BCUT2D eigenvalue weighted by Crippen LogP contribution is -2.36. The fraction of sp³-hybridized carbons (Fsp3) is 0.458. The number of benzene rings is 1. The SMILES string of the molecule is c1cc(-c2nc(N3CCOCC3)c3sc(CN4CC5CNCC5C4)cc3n2)c2cn[nH]c2c1. The maximum atomic E-state index is 5.62. The molecule has 7 rings (SSSR count). The number of thiophene rings is 1. The molecule has 3 saturated heterocycles. The van der Waals surface area contributed by atoms with Crippen LogP contribution < -0.4 is 10.2 Å². The second kappa shape index (κ2) is 8.02. The molecular weight excluding hydrogens is 434 g/mol. The number of hydrogen-bond donors (Lipinski definition) is 2. The predicted octanol–water partition coefficient (Wildman–Crippen LogP) is 2.72. The zero-order valence-corrected chi connectivity index (χ0v) is 19.3. The number of morpholine rings is 1. The van der Waals surface area contributed by atoms with Crippen LogP contribution in [0.5, 0.6) is 0 Å². The summed E-state index contributed by atoms with van der Waals surface area (Å²) < 4.78 is 6.81. The maximum Gasteiger partial charge on any atom is 0.162 e. The van der Waals surface area contributed by atoms with Gasteiger partial charge in [0.25, 0.3) is 0 Å². The fourth-order valence-electron chi connectivity index (χ4n) is 5.62. The van der Waals surface area contributed by atoms with Gasteiger partial charge in [-0.25, -0.2) is 9.97 Å². The number of nitrogens with one attached hydrogen (secondary N) is 2. The first-order valence-corrected chi connectivity index (χ1v) is 12.6. The first-order chi connectivity index (χ1) is 16.3. The van der Waals surface area contributed by atoms with Crippen LogP contribution in [0.15, 0.2) is 30.5 Å². The van der Waals surface area contributed by atoms with Crippen molar-refractivity contribution in [3.8, 4) is 11.4 Å². The van der Waals surface area contributed by atoms with E-state index in [1.807, 2.05) is 29.7 Å². The molecule has 3 aliphatic heterocycles. The molecule has 0 amide bonds. The minimum Gasteiger partial charge on any atom is -0.378 e. The molecule has 3 fully saturated rings. The Morgan fingerprint density at radius 1 is 1.09 bits per heavy atom. The van der Waals surface area contributed by atoms with Gasteiger partial charge in [-0.3, -0.25) is 10.00 Å². The molecule has 170 valence electrons. The molecule has 3 aromatic heterocycles. The Bertz CT molecular complexity index is 1300. The minimum atomic E-state index is 0.737. The molecule has 2 N–H and O–H groups in total. The van der Waals surface area contributed by atoms with E-state index in [4.69, 9.17) is 14.7 Å². The van der Waals surface area contributed by atoms with E-state index in [0.717, 1.165) is 78.3 Å². The van der Waals surface area contributed by atoms with Crippen LogP contribution in [0.1, 0.15) is 4.88 Å². The summed E-state index contributed by atoms with van der Waals surface area (Å²) in [4.78, 5) is 16.5. The number of aromatic nitrogens is 4. The summed E-state index contributed by atoms with van der Waals surface area (Å²) in [6.45, 7) is 8.93. The highest BCUT2D eigenvalue weighted by Gasteiger charge is 2.36. The van der Waals surface area contributed by atoms with Gasteiger partial charge in [0, 0.05) is 48.6 Å². The molecule has 0 spiro atoms. The Labute approximate surface area is 196 Å². The molecule has 0 bridgehead atoms. The van der Waals surface area contributed by atoms with E-state index < -0.39 is 0 Å².